The van der Waals surface area contributed by atoms with Gasteiger partial charge in [0.15, 0.2) is 18.2 Å². The molecular formula is C21H25FN4O3. The molecule has 2 aromatic rings. The van der Waals surface area contributed by atoms with Gasteiger partial charge in [0, 0.05) is 38.5 Å². The normalized spacial score (nSPS) is 19.7. The van der Waals surface area contributed by atoms with E-state index in [9.17, 15) is 14.0 Å². The van der Waals surface area contributed by atoms with E-state index in [1.807, 2.05) is 7.05 Å². The Bertz CT molecular complexity index is 961. The number of fused-ring (bicyclic) bond motifs is 1. The number of aromatic nitrogens is 2. The van der Waals surface area contributed by atoms with E-state index in [2.05, 4.69) is 9.88 Å². The summed E-state index contributed by atoms with van der Waals surface area (Å²) in [5.74, 6) is 0.0305. The zero-order valence-electron chi connectivity index (χ0n) is 16.5. The molecule has 1 aromatic carbocycles. The predicted molar refractivity (Wildman–Crippen MR) is 105 cm³/mol. The molecule has 2 aliphatic rings. The van der Waals surface area contributed by atoms with Gasteiger partial charge in [-0.3, -0.25) is 9.59 Å². The largest absolute Gasteiger partial charge is 0.481 e. The summed E-state index contributed by atoms with van der Waals surface area (Å²) in [4.78, 5) is 36.6. The average Bonchev–Trinajstić information content (AvgIpc) is 2.73. The van der Waals surface area contributed by atoms with Crippen LogP contribution < -0.4 is 10.3 Å². The number of hydrogen-bond acceptors (Lipinski definition) is 5. The zero-order valence-corrected chi connectivity index (χ0v) is 16.5. The standard InChI is InChI=1S/C21H25FN4O3/c1-25-10-8-17-15(12-25)21(28)24-20(23-17)14-5-4-9-26(11-14)19(27)13-29-18-7-3-2-6-16(18)22/h2-3,6-7,14H,4-5,8-13H2,1H3,(H,23,24,28)/t14-/m0/s1. The maximum atomic E-state index is 13.7. The molecule has 0 aliphatic carbocycles. The Hall–Kier alpha value is -2.74. The number of para-hydroxylation sites is 1. The van der Waals surface area contributed by atoms with Gasteiger partial charge in [-0.05, 0) is 32.0 Å². The van der Waals surface area contributed by atoms with Crippen molar-refractivity contribution in [2.45, 2.75) is 31.7 Å². The fourth-order valence-electron chi connectivity index (χ4n) is 3.99. The highest BCUT2D eigenvalue weighted by Crippen LogP contribution is 2.25. The van der Waals surface area contributed by atoms with Gasteiger partial charge in [0.1, 0.15) is 5.82 Å². The third-order valence-corrected chi connectivity index (χ3v) is 5.63. The number of nitrogens with one attached hydrogen (secondary N) is 1. The molecule has 0 radical (unpaired) electrons. The summed E-state index contributed by atoms with van der Waals surface area (Å²) in [6, 6.07) is 6.03. The maximum absolute atomic E-state index is 13.7. The number of halogens is 1. The van der Waals surface area contributed by atoms with Crippen LogP contribution in [0, 0.1) is 5.82 Å². The van der Waals surface area contributed by atoms with E-state index < -0.39 is 5.82 Å². The molecule has 4 rings (SSSR count). The van der Waals surface area contributed by atoms with Gasteiger partial charge in [0.25, 0.3) is 11.5 Å². The van der Waals surface area contributed by atoms with Gasteiger partial charge in [-0.1, -0.05) is 12.1 Å². The van der Waals surface area contributed by atoms with Crippen LogP contribution in [0.4, 0.5) is 4.39 Å². The molecule has 3 heterocycles. The molecule has 1 aromatic heterocycles. The van der Waals surface area contributed by atoms with Gasteiger partial charge >= 0.3 is 0 Å². The lowest BCUT2D eigenvalue weighted by Gasteiger charge is -2.33. The fourth-order valence-corrected chi connectivity index (χ4v) is 3.99. The number of amides is 1. The second-order valence-corrected chi connectivity index (χ2v) is 7.76. The van der Waals surface area contributed by atoms with Crippen LogP contribution in [0.15, 0.2) is 29.1 Å². The predicted octanol–water partition coefficient (Wildman–Crippen LogP) is 1.68. The first-order chi connectivity index (χ1) is 14.0. The Kier molecular flexibility index (Phi) is 5.62. The molecule has 1 N–H and O–H groups in total. The van der Waals surface area contributed by atoms with Crippen molar-refractivity contribution in [2.24, 2.45) is 0 Å². The number of likely N-dealkylation sites (tertiary alicyclic amines) is 1. The minimum Gasteiger partial charge on any atom is -0.481 e. The van der Waals surface area contributed by atoms with Crippen LogP contribution in [0.1, 0.15) is 35.8 Å². The molecule has 0 unspecified atom stereocenters. The summed E-state index contributed by atoms with van der Waals surface area (Å²) in [7, 11) is 1.99. The van der Waals surface area contributed by atoms with Crippen molar-refractivity contribution in [3.05, 3.63) is 57.5 Å². The Morgan fingerprint density at radius 2 is 2.17 bits per heavy atom. The van der Waals surface area contributed by atoms with Crippen LogP contribution >= 0.6 is 0 Å². The third kappa shape index (κ3) is 4.32. The van der Waals surface area contributed by atoms with Crippen molar-refractivity contribution in [3.63, 3.8) is 0 Å². The van der Waals surface area contributed by atoms with E-state index in [-0.39, 0.29) is 29.7 Å². The van der Waals surface area contributed by atoms with Crippen LogP contribution in [-0.2, 0) is 17.8 Å². The van der Waals surface area contributed by atoms with Crippen molar-refractivity contribution in [2.75, 3.05) is 33.3 Å². The molecule has 2 aliphatic heterocycles. The van der Waals surface area contributed by atoms with Gasteiger partial charge in [0.2, 0.25) is 0 Å². The number of aromatic amines is 1. The molecule has 1 atom stereocenters. The highest BCUT2D eigenvalue weighted by molar-refractivity contribution is 5.78. The van der Waals surface area contributed by atoms with Crippen LogP contribution in [-0.4, -0.2) is 59.0 Å². The number of nitrogens with zero attached hydrogens (tertiary/aromatic N) is 3. The molecule has 29 heavy (non-hydrogen) atoms. The van der Waals surface area contributed by atoms with Crippen molar-refractivity contribution in [1.29, 1.82) is 0 Å². The molecule has 0 saturated carbocycles. The van der Waals surface area contributed by atoms with Crippen LogP contribution in [0.25, 0.3) is 0 Å². The SMILES string of the molecule is CN1CCc2nc([C@H]3CCCN(C(=O)COc4ccccc4F)C3)[nH]c(=O)c2C1. The number of hydrogen-bond donors (Lipinski definition) is 1. The third-order valence-electron chi connectivity index (χ3n) is 5.63. The molecule has 1 fully saturated rings. The van der Waals surface area contributed by atoms with E-state index in [4.69, 9.17) is 9.72 Å². The summed E-state index contributed by atoms with van der Waals surface area (Å²) in [5.41, 5.74) is 1.53. The zero-order chi connectivity index (χ0) is 20.4. The molecule has 1 amide bonds. The number of carbonyl (C=O) groups excluding carboxylic acids is 1. The number of H-pyrrole nitrogens is 1. The quantitative estimate of drug-likeness (QED) is 0.845. The smallest absolute Gasteiger partial charge is 0.260 e. The van der Waals surface area contributed by atoms with Gasteiger partial charge in [-0.15, -0.1) is 0 Å². The topological polar surface area (TPSA) is 78.5 Å². The van der Waals surface area contributed by atoms with E-state index in [1.165, 1.54) is 12.1 Å². The molecule has 154 valence electrons. The van der Waals surface area contributed by atoms with E-state index in [0.717, 1.165) is 37.1 Å². The minimum atomic E-state index is -0.488. The van der Waals surface area contributed by atoms with Gasteiger partial charge in [-0.25, -0.2) is 9.37 Å². The van der Waals surface area contributed by atoms with Crippen molar-refractivity contribution >= 4 is 5.91 Å². The molecule has 0 spiro atoms. The van der Waals surface area contributed by atoms with Gasteiger partial charge in [0.05, 0.1) is 11.3 Å². The first kappa shape index (κ1) is 19.6. The summed E-state index contributed by atoms with van der Waals surface area (Å²) >= 11 is 0. The maximum Gasteiger partial charge on any atom is 0.260 e. The van der Waals surface area contributed by atoms with E-state index in [1.54, 1.807) is 17.0 Å². The summed E-state index contributed by atoms with van der Waals surface area (Å²) < 4.78 is 19.0. The lowest BCUT2D eigenvalue weighted by molar-refractivity contribution is -0.134. The second-order valence-electron chi connectivity index (χ2n) is 7.76. The number of ether oxygens (including phenoxy) is 1. The number of carbonyl (C=O) groups is 1. The molecular weight excluding hydrogens is 375 g/mol. The van der Waals surface area contributed by atoms with Gasteiger partial charge in [-0.2, -0.15) is 0 Å². The number of likely N-dealkylation sites (N-methyl/N-ethyl adjacent to an activating group) is 1. The van der Waals surface area contributed by atoms with Crippen molar-refractivity contribution in [3.8, 4) is 5.75 Å². The van der Waals surface area contributed by atoms with E-state index in [0.29, 0.717) is 25.5 Å². The average molecular weight is 400 g/mol. The lowest BCUT2D eigenvalue weighted by atomic mass is 9.96. The van der Waals surface area contributed by atoms with Crippen molar-refractivity contribution in [1.82, 2.24) is 19.8 Å². The first-order valence-electron chi connectivity index (χ1n) is 9.97. The number of rotatable bonds is 4. The lowest BCUT2D eigenvalue weighted by Crippen LogP contribution is -2.42. The molecule has 7 nitrogen and oxygen atoms in total. The Balaban J connectivity index is 1.43. The summed E-state index contributed by atoms with van der Waals surface area (Å²) in [6.45, 7) is 2.37. The van der Waals surface area contributed by atoms with Gasteiger partial charge < -0.3 is 19.5 Å². The minimum absolute atomic E-state index is 0.0150. The van der Waals surface area contributed by atoms with Crippen LogP contribution in [0.2, 0.25) is 0 Å². The molecule has 0 bridgehead atoms. The molecule has 8 heteroatoms. The summed E-state index contributed by atoms with van der Waals surface area (Å²) in [5, 5.41) is 0. The van der Waals surface area contributed by atoms with E-state index >= 15 is 0 Å². The Morgan fingerprint density at radius 3 is 3.00 bits per heavy atom. The Labute approximate surface area is 168 Å². The van der Waals surface area contributed by atoms with Crippen molar-refractivity contribution < 1.29 is 13.9 Å². The highest BCUT2D eigenvalue weighted by atomic mass is 19.1. The van der Waals surface area contributed by atoms with Crippen LogP contribution in [0.3, 0.4) is 0 Å². The number of benzene rings is 1. The Morgan fingerprint density at radius 1 is 1.34 bits per heavy atom. The second kappa shape index (κ2) is 8.32. The summed E-state index contributed by atoms with van der Waals surface area (Å²) in [6.07, 6.45) is 2.44. The number of piperidine rings is 1. The monoisotopic (exact) mass is 400 g/mol. The highest BCUT2D eigenvalue weighted by Gasteiger charge is 2.28. The fraction of sp³-hybridized carbons (Fsp3) is 0.476. The van der Waals surface area contributed by atoms with Crippen LogP contribution in [0.5, 0.6) is 5.75 Å². The molecule has 1 saturated heterocycles. The first-order valence-corrected chi connectivity index (χ1v) is 9.97.